The number of methoxy groups -OCH3 is 1. The van der Waals surface area contributed by atoms with Crippen LogP contribution < -0.4 is 0 Å². The lowest BCUT2D eigenvalue weighted by molar-refractivity contribution is -0.159. The quantitative estimate of drug-likeness (QED) is 0.612. The number of sulfone groups is 1. The maximum atomic E-state index is 11.3. The van der Waals surface area contributed by atoms with Gasteiger partial charge in [-0.2, -0.15) is 0 Å². The first-order valence-electron chi connectivity index (χ1n) is 5.52. The highest BCUT2D eigenvalue weighted by Crippen LogP contribution is 2.07. The maximum absolute atomic E-state index is 11.3. The van der Waals surface area contributed by atoms with Gasteiger partial charge >= 0.3 is 5.97 Å². The highest BCUT2D eigenvalue weighted by Gasteiger charge is 2.26. The molecule has 1 saturated heterocycles. The summed E-state index contributed by atoms with van der Waals surface area (Å²) in [5, 5.41) is 0. The third kappa shape index (κ3) is 5.47. The molecule has 1 unspecified atom stereocenters. The second-order valence-electron chi connectivity index (χ2n) is 4.17. The van der Waals surface area contributed by atoms with Gasteiger partial charge in [-0.25, -0.2) is 13.2 Å². The monoisotopic (exact) mass is 265 g/mol. The minimum Gasteiger partial charge on any atom is -0.467 e. The standard InChI is InChI=1S/C10H19NO5S/c1-15-10(12)9-8-11(5-6-16-9)4-3-7-17(2,13)14/h9H,3-8H2,1-2H3. The van der Waals surface area contributed by atoms with Crippen molar-refractivity contribution < 1.29 is 22.7 Å². The highest BCUT2D eigenvalue weighted by atomic mass is 32.2. The molecule has 0 aromatic rings. The van der Waals surface area contributed by atoms with Crippen molar-refractivity contribution >= 4 is 15.8 Å². The molecule has 1 fully saturated rings. The molecule has 0 amide bonds. The zero-order valence-electron chi connectivity index (χ0n) is 10.2. The van der Waals surface area contributed by atoms with Gasteiger partial charge in [-0.15, -0.1) is 0 Å². The number of carbonyl (C=O) groups excluding carboxylic acids is 1. The molecule has 0 aromatic carbocycles. The van der Waals surface area contributed by atoms with E-state index in [0.29, 0.717) is 26.1 Å². The SMILES string of the molecule is COC(=O)C1CN(CCCS(C)(=O)=O)CCO1. The average Bonchev–Trinajstić information content (AvgIpc) is 2.27. The van der Waals surface area contributed by atoms with Gasteiger partial charge in [0.25, 0.3) is 0 Å². The van der Waals surface area contributed by atoms with Crippen LogP contribution in [0.25, 0.3) is 0 Å². The summed E-state index contributed by atoms with van der Waals surface area (Å²) in [6.07, 6.45) is 1.25. The van der Waals surface area contributed by atoms with Crippen LogP contribution in [0.3, 0.4) is 0 Å². The van der Waals surface area contributed by atoms with Crippen LogP contribution in [0.4, 0.5) is 0 Å². The summed E-state index contributed by atoms with van der Waals surface area (Å²) >= 11 is 0. The summed E-state index contributed by atoms with van der Waals surface area (Å²) in [7, 11) is -1.58. The lowest BCUT2D eigenvalue weighted by atomic mass is 10.2. The second-order valence-corrected chi connectivity index (χ2v) is 6.43. The molecule has 0 radical (unpaired) electrons. The zero-order chi connectivity index (χ0) is 12.9. The molecule has 0 aliphatic carbocycles. The third-order valence-corrected chi connectivity index (χ3v) is 3.63. The van der Waals surface area contributed by atoms with Gasteiger partial charge in [-0.05, 0) is 13.0 Å². The van der Waals surface area contributed by atoms with Gasteiger partial charge in [0.2, 0.25) is 0 Å². The van der Waals surface area contributed by atoms with E-state index in [-0.39, 0.29) is 11.7 Å². The molecule has 0 spiro atoms. The summed E-state index contributed by atoms with van der Waals surface area (Å²) in [5.41, 5.74) is 0. The molecule has 0 N–H and O–H groups in total. The van der Waals surface area contributed by atoms with Crippen molar-refractivity contribution in [1.29, 1.82) is 0 Å². The Morgan fingerprint density at radius 2 is 2.24 bits per heavy atom. The Bertz CT molecular complexity index is 354. The molecule has 1 aliphatic rings. The smallest absolute Gasteiger partial charge is 0.336 e. The van der Waals surface area contributed by atoms with Crippen LogP contribution in [-0.4, -0.2) is 70.8 Å². The van der Waals surface area contributed by atoms with E-state index in [1.807, 2.05) is 4.90 Å². The van der Waals surface area contributed by atoms with E-state index >= 15 is 0 Å². The van der Waals surface area contributed by atoms with E-state index in [9.17, 15) is 13.2 Å². The van der Waals surface area contributed by atoms with Crippen LogP contribution in [0.5, 0.6) is 0 Å². The normalized spacial score (nSPS) is 22.4. The number of hydrogen-bond acceptors (Lipinski definition) is 6. The van der Waals surface area contributed by atoms with Crippen LogP contribution in [0, 0.1) is 0 Å². The van der Waals surface area contributed by atoms with E-state index in [2.05, 4.69) is 4.74 Å². The number of rotatable bonds is 5. The Balaban J connectivity index is 2.32. The van der Waals surface area contributed by atoms with Crippen molar-refractivity contribution in [1.82, 2.24) is 4.90 Å². The van der Waals surface area contributed by atoms with E-state index in [4.69, 9.17) is 4.74 Å². The topological polar surface area (TPSA) is 72.9 Å². The van der Waals surface area contributed by atoms with Gasteiger partial charge in [0.05, 0.1) is 19.5 Å². The first-order chi connectivity index (χ1) is 7.92. The first kappa shape index (κ1) is 14.4. The molecule has 6 nitrogen and oxygen atoms in total. The second kappa shape index (κ2) is 6.32. The van der Waals surface area contributed by atoms with Gasteiger partial charge in [-0.1, -0.05) is 0 Å². The summed E-state index contributed by atoms with van der Waals surface area (Å²) in [6, 6.07) is 0. The van der Waals surface area contributed by atoms with Crippen LogP contribution in [0.2, 0.25) is 0 Å². The molecule has 0 aromatic heterocycles. The largest absolute Gasteiger partial charge is 0.467 e. The van der Waals surface area contributed by atoms with E-state index in [1.165, 1.54) is 13.4 Å². The number of nitrogens with zero attached hydrogens (tertiary/aromatic N) is 1. The van der Waals surface area contributed by atoms with Gasteiger partial charge in [0, 0.05) is 19.3 Å². The van der Waals surface area contributed by atoms with Crippen LogP contribution in [0.1, 0.15) is 6.42 Å². The van der Waals surface area contributed by atoms with Gasteiger partial charge in [-0.3, -0.25) is 4.90 Å². The van der Waals surface area contributed by atoms with Gasteiger partial charge in [0.15, 0.2) is 6.10 Å². The number of esters is 1. The van der Waals surface area contributed by atoms with Crippen LogP contribution in [0.15, 0.2) is 0 Å². The number of carbonyl (C=O) groups is 1. The molecule has 17 heavy (non-hydrogen) atoms. The van der Waals surface area contributed by atoms with E-state index in [1.54, 1.807) is 0 Å². The predicted octanol–water partition coefficient (Wildman–Crippen LogP) is -0.705. The minimum absolute atomic E-state index is 0.174. The molecule has 1 atom stereocenters. The van der Waals surface area contributed by atoms with Crippen molar-refractivity contribution in [2.45, 2.75) is 12.5 Å². The Hall–Kier alpha value is -0.660. The summed E-state index contributed by atoms with van der Waals surface area (Å²) < 4.78 is 31.8. The maximum Gasteiger partial charge on any atom is 0.336 e. The molecule has 1 aliphatic heterocycles. The average molecular weight is 265 g/mol. The minimum atomic E-state index is -2.91. The first-order valence-corrected chi connectivity index (χ1v) is 7.58. The van der Waals surface area contributed by atoms with Crippen molar-refractivity contribution in [3.63, 3.8) is 0 Å². The van der Waals surface area contributed by atoms with E-state index in [0.717, 1.165) is 6.54 Å². The van der Waals surface area contributed by atoms with Crippen molar-refractivity contribution in [3.8, 4) is 0 Å². The molecule has 0 saturated carbocycles. The number of hydrogen-bond donors (Lipinski definition) is 0. The van der Waals surface area contributed by atoms with Crippen molar-refractivity contribution in [3.05, 3.63) is 0 Å². The number of ether oxygens (including phenoxy) is 2. The van der Waals surface area contributed by atoms with Crippen LogP contribution >= 0.6 is 0 Å². The Labute approximate surface area is 102 Å². The summed E-state index contributed by atoms with van der Waals surface area (Å²) in [5.74, 6) is -0.203. The zero-order valence-corrected chi connectivity index (χ0v) is 11.0. The molecule has 1 heterocycles. The molecular weight excluding hydrogens is 246 g/mol. The summed E-state index contributed by atoms with van der Waals surface area (Å²) in [6.45, 7) is 2.32. The lowest BCUT2D eigenvalue weighted by Gasteiger charge is -2.31. The van der Waals surface area contributed by atoms with E-state index < -0.39 is 15.9 Å². The van der Waals surface area contributed by atoms with Gasteiger partial charge < -0.3 is 9.47 Å². The highest BCUT2D eigenvalue weighted by molar-refractivity contribution is 7.90. The van der Waals surface area contributed by atoms with Crippen molar-refractivity contribution in [2.24, 2.45) is 0 Å². The predicted molar refractivity (Wildman–Crippen MR) is 62.5 cm³/mol. The molecule has 7 heteroatoms. The molecular formula is C10H19NO5S. The van der Waals surface area contributed by atoms with Crippen LogP contribution in [-0.2, 0) is 24.1 Å². The Morgan fingerprint density at radius 1 is 1.53 bits per heavy atom. The lowest BCUT2D eigenvalue weighted by Crippen LogP contribution is -2.46. The molecule has 100 valence electrons. The Morgan fingerprint density at radius 3 is 2.82 bits per heavy atom. The summed E-state index contributed by atoms with van der Waals surface area (Å²) in [4.78, 5) is 13.3. The van der Waals surface area contributed by atoms with Gasteiger partial charge in [0.1, 0.15) is 9.84 Å². The molecule has 0 bridgehead atoms. The fourth-order valence-corrected chi connectivity index (χ4v) is 2.38. The Kier molecular flexibility index (Phi) is 5.35. The fraction of sp³-hybridized carbons (Fsp3) is 0.900. The van der Waals surface area contributed by atoms with Crippen molar-refractivity contribution in [2.75, 3.05) is 45.4 Å². The molecule has 1 rings (SSSR count). The third-order valence-electron chi connectivity index (χ3n) is 2.60. The fourth-order valence-electron chi connectivity index (χ4n) is 1.73. The number of morpholine rings is 1.